The van der Waals surface area contributed by atoms with Gasteiger partial charge in [-0.3, -0.25) is 0 Å². The van der Waals surface area contributed by atoms with Crippen LogP contribution in [0.5, 0.6) is 5.75 Å². The lowest BCUT2D eigenvalue weighted by Gasteiger charge is -2.13. The minimum atomic E-state index is 0.496. The van der Waals surface area contributed by atoms with Crippen LogP contribution in [0.15, 0.2) is 18.2 Å². The van der Waals surface area contributed by atoms with E-state index in [0.717, 1.165) is 11.1 Å². The lowest BCUT2D eigenvalue weighted by molar-refractivity contribution is 0.407. The highest BCUT2D eigenvalue weighted by molar-refractivity contribution is 9.09. The first-order valence-corrected chi connectivity index (χ1v) is 5.51. The number of halogens is 1. The molecule has 1 aromatic carbocycles. The lowest BCUT2D eigenvalue weighted by atomic mass is 10.0. The molecule has 0 aliphatic heterocycles. The Bertz CT molecular complexity index is 283. The maximum Gasteiger partial charge on any atom is 0.122 e. The van der Waals surface area contributed by atoms with Crippen LogP contribution < -0.4 is 4.74 Å². The van der Waals surface area contributed by atoms with Gasteiger partial charge in [0, 0.05) is 5.33 Å². The second-order valence-electron chi connectivity index (χ2n) is 3.30. The molecule has 0 aliphatic rings. The minimum absolute atomic E-state index is 0.496. The number of benzene rings is 1. The van der Waals surface area contributed by atoms with Crippen LogP contribution in [0.1, 0.15) is 24.0 Å². The zero-order chi connectivity index (χ0) is 9.84. The number of methoxy groups -OCH3 is 1. The van der Waals surface area contributed by atoms with Crippen molar-refractivity contribution in [3.63, 3.8) is 0 Å². The zero-order valence-corrected chi connectivity index (χ0v) is 9.89. The number of hydrogen-bond acceptors (Lipinski definition) is 1. The van der Waals surface area contributed by atoms with E-state index in [4.69, 9.17) is 4.74 Å². The molecule has 0 bridgehead atoms. The van der Waals surface area contributed by atoms with Crippen molar-refractivity contribution in [2.45, 2.75) is 19.8 Å². The highest BCUT2D eigenvalue weighted by Gasteiger charge is 2.09. The summed E-state index contributed by atoms with van der Waals surface area (Å²) in [5, 5.41) is 0.965. The number of rotatable bonds is 3. The van der Waals surface area contributed by atoms with Crippen molar-refractivity contribution >= 4 is 15.9 Å². The molecule has 0 amide bonds. The Morgan fingerprint density at radius 3 is 2.69 bits per heavy atom. The summed E-state index contributed by atoms with van der Waals surface area (Å²) in [5.41, 5.74) is 2.51. The Balaban J connectivity index is 3.05. The predicted octanol–water partition coefficient (Wildman–Crippen LogP) is 3.50. The molecule has 0 radical (unpaired) electrons. The molecule has 72 valence electrons. The second-order valence-corrected chi connectivity index (χ2v) is 3.95. The van der Waals surface area contributed by atoms with Crippen LogP contribution >= 0.6 is 15.9 Å². The molecule has 0 fully saturated rings. The molecule has 0 aromatic heterocycles. The highest BCUT2D eigenvalue weighted by atomic mass is 79.9. The Morgan fingerprint density at radius 1 is 1.46 bits per heavy atom. The number of hydrogen-bond donors (Lipinski definition) is 0. The van der Waals surface area contributed by atoms with E-state index in [-0.39, 0.29) is 0 Å². The Morgan fingerprint density at radius 2 is 2.15 bits per heavy atom. The Hall–Kier alpha value is -0.500. The van der Waals surface area contributed by atoms with Crippen LogP contribution in [-0.2, 0) is 0 Å². The van der Waals surface area contributed by atoms with Crippen LogP contribution in [0, 0.1) is 6.92 Å². The van der Waals surface area contributed by atoms with Gasteiger partial charge in [0.2, 0.25) is 0 Å². The molecule has 1 atom stereocenters. The van der Waals surface area contributed by atoms with E-state index in [2.05, 4.69) is 48.0 Å². The maximum absolute atomic E-state index is 5.33. The molecule has 1 nitrogen and oxygen atoms in total. The van der Waals surface area contributed by atoms with Crippen LogP contribution in [-0.4, -0.2) is 12.4 Å². The van der Waals surface area contributed by atoms with Crippen molar-refractivity contribution in [3.05, 3.63) is 29.3 Å². The first-order chi connectivity index (χ1) is 6.19. The van der Waals surface area contributed by atoms with Gasteiger partial charge in [-0.25, -0.2) is 0 Å². The molecule has 0 N–H and O–H groups in total. The average molecular weight is 243 g/mol. The summed E-state index contributed by atoms with van der Waals surface area (Å²) in [6.07, 6.45) is 0. The van der Waals surface area contributed by atoms with Gasteiger partial charge >= 0.3 is 0 Å². The summed E-state index contributed by atoms with van der Waals surface area (Å²) >= 11 is 3.48. The fourth-order valence-electron chi connectivity index (χ4n) is 1.31. The molecule has 0 saturated carbocycles. The molecule has 2 heteroatoms. The smallest absolute Gasteiger partial charge is 0.122 e. The van der Waals surface area contributed by atoms with Crippen LogP contribution in [0.25, 0.3) is 0 Å². The zero-order valence-electron chi connectivity index (χ0n) is 8.30. The van der Waals surface area contributed by atoms with Gasteiger partial charge in [-0.15, -0.1) is 0 Å². The summed E-state index contributed by atoms with van der Waals surface area (Å²) in [4.78, 5) is 0. The van der Waals surface area contributed by atoms with Crippen molar-refractivity contribution in [2.24, 2.45) is 0 Å². The monoisotopic (exact) mass is 242 g/mol. The summed E-state index contributed by atoms with van der Waals surface area (Å²) in [7, 11) is 1.72. The van der Waals surface area contributed by atoms with Gasteiger partial charge in [-0.05, 0) is 30.0 Å². The van der Waals surface area contributed by atoms with Crippen molar-refractivity contribution in [3.8, 4) is 5.75 Å². The van der Waals surface area contributed by atoms with Crippen LogP contribution in [0.4, 0.5) is 0 Å². The quantitative estimate of drug-likeness (QED) is 0.738. The highest BCUT2D eigenvalue weighted by Crippen LogP contribution is 2.28. The van der Waals surface area contributed by atoms with E-state index in [1.807, 2.05) is 0 Å². The molecule has 0 heterocycles. The fraction of sp³-hybridized carbons (Fsp3) is 0.455. The van der Waals surface area contributed by atoms with E-state index in [9.17, 15) is 0 Å². The molecule has 1 aromatic rings. The Kier molecular flexibility index (Phi) is 3.79. The Labute approximate surface area is 88.2 Å². The summed E-state index contributed by atoms with van der Waals surface area (Å²) in [6, 6.07) is 6.34. The van der Waals surface area contributed by atoms with E-state index in [0.29, 0.717) is 5.92 Å². The van der Waals surface area contributed by atoms with E-state index < -0.39 is 0 Å². The molecule has 1 unspecified atom stereocenters. The first-order valence-electron chi connectivity index (χ1n) is 4.39. The van der Waals surface area contributed by atoms with Gasteiger partial charge in [-0.2, -0.15) is 0 Å². The van der Waals surface area contributed by atoms with Crippen LogP contribution in [0.3, 0.4) is 0 Å². The van der Waals surface area contributed by atoms with Gasteiger partial charge < -0.3 is 4.74 Å². The molecule has 1 rings (SSSR count). The second kappa shape index (κ2) is 4.66. The molecular formula is C11H15BrO. The maximum atomic E-state index is 5.33. The third-order valence-electron chi connectivity index (χ3n) is 2.15. The third-order valence-corrected chi connectivity index (χ3v) is 3.12. The third kappa shape index (κ3) is 2.47. The summed E-state index contributed by atoms with van der Waals surface area (Å²) < 4.78 is 5.33. The minimum Gasteiger partial charge on any atom is -0.496 e. The van der Waals surface area contributed by atoms with Crippen molar-refractivity contribution in [2.75, 3.05) is 12.4 Å². The van der Waals surface area contributed by atoms with Gasteiger partial charge in [0.05, 0.1) is 7.11 Å². The molecule has 0 spiro atoms. The summed E-state index contributed by atoms with van der Waals surface area (Å²) in [5.74, 6) is 1.49. The summed E-state index contributed by atoms with van der Waals surface area (Å²) in [6.45, 7) is 4.26. The first kappa shape index (κ1) is 10.6. The van der Waals surface area contributed by atoms with Gasteiger partial charge in [0.25, 0.3) is 0 Å². The number of aryl methyl sites for hydroxylation is 1. The normalized spacial score (nSPS) is 12.6. The molecule has 13 heavy (non-hydrogen) atoms. The predicted molar refractivity (Wildman–Crippen MR) is 59.9 cm³/mol. The molecule has 0 saturated heterocycles. The van der Waals surface area contributed by atoms with E-state index in [1.54, 1.807) is 7.11 Å². The van der Waals surface area contributed by atoms with Gasteiger partial charge in [-0.1, -0.05) is 35.0 Å². The molecule has 0 aliphatic carbocycles. The number of alkyl halides is 1. The average Bonchev–Trinajstić information content (AvgIpc) is 2.16. The van der Waals surface area contributed by atoms with Gasteiger partial charge in [0.1, 0.15) is 5.75 Å². The van der Waals surface area contributed by atoms with Crippen molar-refractivity contribution in [1.29, 1.82) is 0 Å². The van der Waals surface area contributed by atoms with Crippen molar-refractivity contribution < 1.29 is 4.74 Å². The fourth-order valence-corrected chi connectivity index (χ4v) is 1.66. The van der Waals surface area contributed by atoms with Crippen molar-refractivity contribution in [1.82, 2.24) is 0 Å². The van der Waals surface area contributed by atoms with Gasteiger partial charge in [0.15, 0.2) is 0 Å². The lowest BCUT2D eigenvalue weighted by Crippen LogP contribution is -1.98. The molecular weight excluding hydrogens is 228 g/mol. The van der Waals surface area contributed by atoms with E-state index >= 15 is 0 Å². The topological polar surface area (TPSA) is 9.23 Å². The van der Waals surface area contributed by atoms with Crippen LogP contribution in [0.2, 0.25) is 0 Å². The SMILES string of the molecule is COc1cc(C)ccc1C(C)CBr. The largest absolute Gasteiger partial charge is 0.496 e. The standard InChI is InChI=1S/C11H15BrO/c1-8-4-5-10(9(2)7-12)11(6-8)13-3/h4-6,9H,7H2,1-3H3. The number of ether oxygens (including phenoxy) is 1. The van der Waals surface area contributed by atoms with E-state index in [1.165, 1.54) is 11.1 Å².